The number of nitrogens with zero attached hydrogens (tertiary/aromatic N) is 1. The van der Waals surface area contributed by atoms with Gasteiger partial charge >= 0.3 is 0 Å². The number of nitriles is 1. The summed E-state index contributed by atoms with van der Waals surface area (Å²) in [6, 6.07) is 0. The van der Waals surface area contributed by atoms with E-state index in [1.165, 1.54) is 0 Å². The van der Waals surface area contributed by atoms with Crippen molar-refractivity contribution in [3.05, 3.63) is 0 Å². The Morgan fingerprint density at radius 1 is 1.80 bits per heavy atom. The fraction of sp³-hybridized carbons (Fsp3) is 0.833. The Balaban J connectivity index is 3.32. The predicted molar refractivity (Wildman–Crippen MR) is 41.8 cm³/mol. The second-order valence-corrected chi connectivity index (χ2v) is 3.94. The van der Waals surface area contributed by atoms with Crippen molar-refractivity contribution in [1.29, 1.82) is 5.26 Å². The zero-order valence-corrected chi connectivity index (χ0v) is 7.07. The van der Waals surface area contributed by atoms with Crippen LogP contribution in [0.2, 0.25) is 0 Å². The molecule has 0 heterocycles. The fourth-order valence-corrected chi connectivity index (χ4v) is 0.947. The molecule has 0 bridgehead atoms. The minimum atomic E-state index is -0.763. The van der Waals surface area contributed by atoms with Gasteiger partial charge in [-0.05, 0) is 6.42 Å². The molecule has 0 radical (unpaired) electrons. The molecule has 4 heteroatoms. The zero-order chi connectivity index (χ0) is 7.98. The highest BCUT2D eigenvalue weighted by Gasteiger charge is 2.03. The number of hydrogen-bond acceptors (Lipinski definition) is 3. The van der Waals surface area contributed by atoms with Gasteiger partial charge in [0.2, 0.25) is 0 Å². The molecule has 0 aromatic heterocycles. The Morgan fingerprint density at radius 3 is 2.80 bits per heavy atom. The highest BCUT2D eigenvalue weighted by Crippen LogP contribution is 1.96. The van der Waals surface area contributed by atoms with Crippen LogP contribution < -0.4 is 5.32 Å². The van der Waals surface area contributed by atoms with Gasteiger partial charge in [0, 0.05) is 28.9 Å². The molecule has 0 aromatic carbocycles. The van der Waals surface area contributed by atoms with Gasteiger partial charge in [-0.3, -0.25) is 4.21 Å². The largest absolute Gasteiger partial charge is 0.324 e. The van der Waals surface area contributed by atoms with Crippen molar-refractivity contribution in [1.82, 2.24) is 5.32 Å². The summed E-state index contributed by atoms with van der Waals surface area (Å²) in [6.07, 6.45) is 4.28. The lowest BCUT2D eigenvalue weighted by molar-refractivity contribution is 0.664. The first-order valence-electron chi connectivity index (χ1n) is 3.12. The van der Waals surface area contributed by atoms with Gasteiger partial charge in [-0.15, -0.1) is 0 Å². The Bertz CT molecular complexity index is 152. The molecule has 2 unspecified atom stereocenters. The zero-order valence-electron chi connectivity index (χ0n) is 6.26. The molecular formula is C6H12N2OS. The maximum atomic E-state index is 10.7. The third-order valence-electron chi connectivity index (χ3n) is 1.32. The van der Waals surface area contributed by atoms with E-state index in [1.807, 2.05) is 13.1 Å². The van der Waals surface area contributed by atoms with Crippen molar-refractivity contribution in [3.63, 3.8) is 0 Å². The van der Waals surface area contributed by atoms with Gasteiger partial charge in [0.1, 0.15) is 0 Å². The molecule has 58 valence electrons. The summed E-state index contributed by atoms with van der Waals surface area (Å²) >= 11 is 0. The lowest BCUT2D eigenvalue weighted by Gasteiger charge is -2.05. The monoisotopic (exact) mass is 160 g/mol. The van der Waals surface area contributed by atoms with E-state index in [4.69, 9.17) is 5.26 Å². The van der Waals surface area contributed by atoms with Crippen molar-refractivity contribution in [2.24, 2.45) is 0 Å². The van der Waals surface area contributed by atoms with Crippen molar-refractivity contribution in [2.45, 2.75) is 18.6 Å². The van der Waals surface area contributed by atoms with E-state index in [0.29, 0.717) is 6.54 Å². The number of hydrogen-bond donors (Lipinski definition) is 1. The van der Waals surface area contributed by atoms with Crippen molar-refractivity contribution in [2.75, 3.05) is 12.8 Å². The Kier molecular flexibility index (Phi) is 4.95. The van der Waals surface area contributed by atoms with Gasteiger partial charge in [-0.2, -0.15) is 5.26 Å². The Labute approximate surface area is 63.9 Å². The van der Waals surface area contributed by atoms with Crippen LogP contribution in [0.15, 0.2) is 0 Å². The van der Waals surface area contributed by atoms with Crippen LogP contribution >= 0.6 is 0 Å². The molecule has 0 saturated carbocycles. The lowest BCUT2D eigenvalue weighted by atomic mass is 10.3. The Hall–Kier alpha value is -0.560. The summed E-state index contributed by atoms with van der Waals surface area (Å²) in [5.41, 5.74) is 0. The molecule has 0 rings (SSSR count). The molecule has 3 nitrogen and oxygen atoms in total. The molecule has 0 aliphatic heterocycles. The summed E-state index contributed by atoms with van der Waals surface area (Å²) in [4.78, 5) is 0. The van der Waals surface area contributed by atoms with E-state index in [2.05, 4.69) is 5.32 Å². The average Bonchev–Trinajstić information content (AvgIpc) is 1.88. The van der Waals surface area contributed by atoms with Gasteiger partial charge in [0.05, 0.1) is 0 Å². The van der Waals surface area contributed by atoms with Crippen LogP contribution in [0.25, 0.3) is 0 Å². The van der Waals surface area contributed by atoms with E-state index in [9.17, 15) is 4.21 Å². The molecule has 0 fully saturated rings. The van der Waals surface area contributed by atoms with Crippen LogP contribution in [0.3, 0.4) is 0 Å². The Morgan fingerprint density at radius 2 is 2.40 bits per heavy atom. The third-order valence-corrected chi connectivity index (χ3v) is 2.69. The second kappa shape index (κ2) is 5.24. The summed E-state index contributed by atoms with van der Waals surface area (Å²) < 4.78 is 10.7. The van der Waals surface area contributed by atoms with Gasteiger partial charge < -0.3 is 5.32 Å². The first-order chi connectivity index (χ1) is 4.68. The van der Waals surface area contributed by atoms with Crippen molar-refractivity contribution < 1.29 is 4.21 Å². The highest BCUT2D eigenvalue weighted by molar-refractivity contribution is 7.84. The predicted octanol–water partition coefficient (Wildman–Crippen LogP) is 0.214. The summed E-state index contributed by atoms with van der Waals surface area (Å²) in [7, 11) is -0.763. The first kappa shape index (κ1) is 9.44. The maximum Gasteiger partial charge on any atom is 0.176 e. The highest BCUT2D eigenvalue weighted by atomic mass is 32.2. The van der Waals surface area contributed by atoms with Crippen LogP contribution in [0, 0.1) is 11.5 Å². The number of nitrogens with one attached hydrogen (secondary N) is 1. The normalized spacial score (nSPS) is 15.3. The molecule has 2 atom stereocenters. The van der Waals surface area contributed by atoms with Crippen LogP contribution in [-0.4, -0.2) is 22.3 Å². The minimum absolute atomic E-state index is 0.181. The number of rotatable bonds is 4. The van der Waals surface area contributed by atoms with E-state index in [1.54, 1.807) is 6.26 Å². The summed E-state index contributed by atoms with van der Waals surface area (Å²) in [6.45, 7) is 2.53. The standard InChI is InChI=1S/C6H12N2OS/c1-6(10(2)9)3-4-8-5-7/h6,8H,3-4H2,1-2H3. The van der Waals surface area contributed by atoms with E-state index < -0.39 is 10.8 Å². The van der Waals surface area contributed by atoms with Gasteiger partial charge in [0.25, 0.3) is 0 Å². The van der Waals surface area contributed by atoms with E-state index in [-0.39, 0.29) is 5.25 Å². The molecule has 1 N–H and O–H groups in total. The molecule has 0 spiro atoms. The van der Waals surface area contributed by atoms with Crippen LogP contribution in [0.4, 0.5) is 0 Å². The van der Waals surface area contributed by atoms with Crippen LogP contribution in [0.1, 0.15) is 13.3 Å². The molecular weight excluding hydrogens is 148 g/mol. The van der Waals surface area contributed by atoms with Crippen molar-refractivity contribution in [3.8, 4) is 6.19 Å². The summed E-state index contributed by atoms with van der Waals surface area (Å²) in [5, 5.41) is 10.8. The quantitative estimate of drug-likeness (QED) is 0.363. The van der Waals surface area contributed by atoms with Crippen LogP contribution in [0.5, 0.6) is 0 Å². The maximum absolute atomic E-state index is 10.7. The molecule has 0 saturated heterocycles. The van der Waals surface area contributed by atoms with E-state index >= 15 is 0 Å². The van der Waals surface area contributed by atoms with Crippen molar-refractivity contribution >= 4 is 10.8 Å². The molecule has 0 aromatic rings. The summed E-state index contributed by atoms with van der Waals surface area (Å²) in [5.74, 6) is 0. The second-order valence-electron chi connectivity index (χ2n) is 2.14. The SMILES string of the molecule is CC(CCNC#N)S(C)=O. The lowest BCUT2D eigenvalue weighted by Crippen LogP contribution is -2.17. The molecule has 10 heavy (non-hydrogen) atoms. The molecule has 0 aliphatic carbocycles. The first-order valence-corrected chi connectivity index (χ1v) is 4.74. The topological polar surface area (TPSA) is 52.9 Å². The average molecular weight is 160 g/mol. The van der Waals surface area contributed by atoms with Gasteiger partial charge in [0.15, 0.2) is 6.19 Å². The molecule has 0 aliphatic rings. The minimum Gasteiger partial charge on any atom is -0.324 e. The van der Waals surface area contributed by atoms with E-state index in [0.717, 1.165) is 6.42 Å². The van der Waals surface area contributed by atoms with Gasteiger partial charge in [-0.1, -0.05) is 6.92 Å². The van der Waals surface area contributed by atoms with Crippen LogP contribution in [-0.2, 0) is 10.8 Å². The molecule has 0 amide bonds. The third kappa shape index (κ3) is 4.33. The fourth-order valence-electron chi connectivity index (χ4n) is 0.497. The smallest absolute Gasteiger partial charge is 0.176 e. The van der Waals surface area contributed by atoms with Gasteiger partial charge in [-0.25, -0.2) is 0 Å².